The van der Waals surface area contributed by atoms with Gasteiger partial charge in [0.1, 0.15) is 5.54 Å². The molecule has 2 rings (SSSR count). The van der Waals surface area contributed by atoms with Crippen molar-refractivity contribution in [2.24, 2.45) is 0 Å². The summed E-state index contributed by atoms with van der Waals surface area (Å²) in [5.41, 5.74) is -1.05. The van der Waals surface area contributed by atoms with E-state index in [-0.39, 0.29) is 6.03 Å². The van der Waals surface area contributed by atoms with E-state index in [4.69, 9.17) is 0 Å². The fourth-order valence-electron chi connectivity index (χ4n) is 2.48. The van der Waals surface area contributed by atoms with Gasteiger partial charge in [0.2, 0.25) is 0 Å². The summed E-state index contributed by atoms with van der Waals surface area (Å²) in [7, 11) is 0. The highest BCUT2D eigenvalue weighted by atomic mass is 16.4. The lowest BCUT2D eigenvalue weighted by Gasteiger charge is -2.31. The molecule has 0 radical (unpaired) electrons. The standard InChI is InChI=1S/C13H23N3O3/c1-13(11(17)18)6-2-9-16(13)12(19)15-8-3-7-14-10-4-5-10/h10,14H,2-9H2,1H3,(H,15,19)(H,17,18). The Morgan fingerprint density at radius 3 is 2.74 bits per heavy atom. The molecule has 0 aromatic heterocycles. The van der Waals surface area contributed by atoms with Crippen LogP contribution >= 0.6 is 0 Å². The maximum Gasteiger partial charge on any atom is 0.329 e. The van der Waals surface area contributed by atoms with Gasteiger partial charge in [-0.1, -0.05) is 0 Å². The molecule has 1 saturated carbocycles. The molecule has 19 heavy (non-hydrogen) atoms. The lowest BCUT2D eigenvalue weighted by molar-refractivity contribution is -0.147. The Hall–Kier alpha value is -1.30. The quantitative estimate of drug-likeness (QED) is 0.622. The topological polar surface area (TPSA) is 81.7 Å². The van der Waals surface area contributed by atoms with Crippen LogP contribution in [0.2, 0.25) is 0 Å². The van der Waals surface area contributed by atoms with E-state index >= 15 is 0 Å². The van der Waals surface area contributed by atoms with Crippen LogP contribution in [0.5, 0.6) is 0 Å². The number of amides is 2. The Bertz CT molecular complexity index is 357. The van der Waals surface area contributed by atoms with Crippen molar-refractivity contribution >= 4 is 12.0 Å². The fraction of sp³-hybridized carbons (Fsp3) is 0.846. The molecule has 1 aliphatic carbocycles. The zero-order chi connectivity index (χ0) is 13.9. The largest absolute Gasteiger partial charge is 0.480 e. The first kappa shape index (κ1) is 14.1. The van der Waals surface area contributed by atoms with Crippen LogP contribution in [0.1, 0.15) is 39.0 Å². The van der Waals surface area contributed by atoms with Crippen molar-refractivity contribution in [2.75, 3.05) is 19.6 Å². The summed E-state index contributed by atoms with van der Waals surface area (Å²) >= 11 is 0. The van der Waals surface area contributed by atoms with E-state index in [9.17, 15) is 14.7 Å². The number of rotatable bonds is 6. The van der Waals surface area contributed by atoms with Crippen LogP contribution in [0.4, 0.5) is 4.79 Å². The number of hydrogen-bond acceptors (Lipinski definition) is 3. The van der Waals surface area contributed by atoms with Crippen LogP contribution in [-0.2, 0) is 4.79 Å². The molecule has 108 valence electrons. The number of urea groups is 1. The highest BCUT2D eigenvalue weighted by molar-refractivity contribution is 5.86. The minimum Gasteiger partial charge on any atom is -0.480 e. The molecule has 3 N–H and O–H groups in total. The molecule has 1 saturated heterocycles. The third kappa shape index (κ3) is 3.37. The highest BCUT2D eigenvalue weighted by Gasteiger charge is 2.45. The van der Waals surface area contributed by atoms with Gasteiger partial charge in [0.05, 0.1) is 0 Å². The third-order valence-electron chi connectivity index (χ3n) is 3.99. The van der Waals surface area contributed by atoms with Crippen molar-refractivity contribution in [3.05, 3.63) is 0 Å². The molecule has 1 atom stereocenters. The Morgan fingerprint density at radius 2 is 2.11 bits per heavy atom. The molecule has 2 fully saturated rings. The minimum absolute atomic E-state index is 0.256. The summed E-state index contributed by atoms with van der Waals surface area (Å²) in [5, 5.41) is 15.4. The van der Waals surface area contributed by atoms with Crippen LogP contribution in [0.25, 0.3) is 0 Å². The van der Waals surface area contributed by atoms with Crippen LogP contribution in [0.3, 0.4) is 0 Å². The number of carbonyl (C=O) groups is 2. The first-order valence-electron chi connectivity index (χ1n) is 7.06. The van der Waals surface area contributed by atoms with Crippen molar-refractivity contribution in [1.29, 1.82) is 0 Å². The Balaban J connectivity index is 1.70. The number of likely N-dealkylation sites (tertiary alicyclic amines) is 1. The van der Waals surface area contributed by atoms with Gasteiger partial charge in [-0.2, -0.15) is 0 Å². The smallest absolute Gasteiger partial charge is 0.329 e. The summed E-state index contributed by atoms with van der Waals surface area (Å²) in [4.78, 5) is 24.7. The molecule has 0 bridgehead atoms. The van der Waals surface area contributed by atoms with E-state index in [1.165, 1.54) is 17.7 Å². The monoisotopic (exact) mass is 269 g/mol. The number of carboxylic acid groups (broad SMARTS) is 1. The Kier molecular flexibility index (Phi) is 4.29. The van der Waals surface area contributed by atoms with Gasteiger partial charge in [-0.05, 0) is 45.6 Å². The van der Waals surface area contributed by atoms with Crippen LogP contribution in [0.15, 0.2) is 0 Å². The van der Waals surface area contributed by atoms with Gasteiger partial charge >= 0.3 is 12.0 Å². The van der Waals surface area contributed by atoms with Gasteiger partial charge in [0.15, 0.2) is 0 Å². The van der Waals surface area contributed by atoms with Crippen molar-refractivity contribution in [2.45, 2.75) is 50.6 Å². The van der Waals surface area contributed by atoms with Gasteiger partial charge in [-0.3, -0.25) is 0 Å². The third-order valence-corrected chi connectivity index (χ3v) is 3.99. The second-order valence-electron chi connectivity index (χ2n) is 5.65. The summed E-state index contributed by atoms with van der Waals surface area (Å²) < 4.78 is 0. The zero-order valence-electron chi connectivity index (χ0n) is 11.4. The predicted octanol–water partition coefficient (Wildman–Crippen LogP) is 0.777. The molecule has 2 amide bonds. The van der Waals surface area contributed by atoms with Crippen molar-refractivity contribution in [1.82, 2.24) is 15.5 Å². The van der Waals surface area contributed by atoms with Crippen molar-refractivity contribution < 1.29 is 14.7 Å². The van der Waals surface area contributed by atoms with Gasteiger partial charge in [0.25, 0.3) is 0 Å². The SMILES string of the molecule is CC1(C(=O)O)CCCN1C(=O)NCCCNC1CC1. The van der Waals surface area contributed by atoms with E-state index in [1.807, 2.05) is 0 Å². The molecular formula is C13H23N3O3. The summed E-state index contributed by atoms with van der Waals surface area (Å²) in [6.07, 6.45) is 4.67. The second-order valence-corrected chi connectivity index (χ2v) is 5.65. The lowest BCUT2D eigenvalue weighted by Crippen LogP contribution is -2.54. The summed E-state index contributed by atoms with van der Waals surface area (Å²) in [5.74, 6) is -0.921. The zero-order valence-corrected chi connectivity index (χ0v) is 11.4. The van der Waals surface area contributed by atoms with Crippen molar-refractivity contribution in [3.8, 4) is 0 Å². The minimum atomic E-state index is -1.05. The van der Waals surface area contributed by atoms with Crippen molar-refractivity contribution in [3.63, 3.8) is 0 Å². The summed E-state index contributed by atoms with van der Waals surface area (Å²) in [6.45, 7) is 3.64. The normalized spacial score (nSPS) is 26.5. The molecule has 0 spiro atoms. The van der Waals surface area contributed by atoms with E-state index in [0.29, 0.717) is 25.6 Å². The molecular weight excluding hydrogens is 246 g/mol. The number of carboxylic acids is 1. The Morgan fingerprint density at radius 1 is 1.37 bits per heavy atom. The van der Waals surface area contributed by atoms with E-state index in [1.54, 1.807) is 6.92 Å². The van der Waals surface area contributed by atoms with Crippen LogP contribution in [-0.4, -0.2) is 53.2 Å². The van der Waals surface area contributed by atoms with Crippen LogP contribution in [0, 0.1) is 0 Å². The summed E-state index contributed by atoms with van der Waals surface area (Å²) in [6, 6.07) is 0.429. The molecule has 6 nitrogen and oxygen atoms in total. The molecule has 1 aliphatic heterocycles. The van der Waals surface area contributed by atoms with Gasteiger partial charge in [-0.15, -0.1) is 0 Å². The van der Waals surface area contributed by atoms with Gasteiger partial charge in [0, 0.05) is 19.1 Å². The molecule has 6 heteroatoms. The fourth-order valence-corrected chi connectivity index (χ4v) is 2.48. The number of aliphatic carboxylic acids is 1. The highest BCUT2D eigenvalue weighted by Crippen LogP contribution is 2.29. The molecule has 1 unspecified atom stereocenters. The molecule has 0 aromatic rings. The lowest BCUT2D eigenvalue weighted by atomic mass is 10.00. The van der Waals surface area contributed by atoms with E-state index < -0.39 is 11.5 Å². The van der Waals surface area contributed by atoms with E-state index in [2.05, 4.69) is 10.6 Å². The van der Waals surface area contributed by atoms with Gasteiger partial charge in [-0.25, -0.2) is 9.59 Å². The number of nitrogens with one attached hydrogen (secondary N) is 2. The Labute approximate surface area is 113 Å². The number of hydrogen-bond donors (Lipinski definition) is 3. The maximum atomic E-state index is 12.0. The number of carbonyl (C=O) groups excluding carboxylic acids is 1. The van der Waals surface area contributed by atoms with Gasteiger partial charge < -0.3 is 20.6 Å². The van der Waals surface area contributed by atoms with E-state index in [0.717, 1.165) is 19.4 Å². The first-order valence-corrected chi connectivity index (χ1v) is 7.06. The first-order chi connectivity index (χ1) is 9.04. The average Bonchev–Trinajstić information content (AvgIpc) is 3.10. The second kappa shape index (κ2) is 5.77. The molecule has 1 heterocycles. The molecule has 0 aromatic carbocycles. The molecule has 2 aliphatic rings. The van der Waals surface area contributed by atoms with Crippen LogP contribution < -0.4 is 10.6 Å². The predicted molar refractivity (Wildman–Crippen MR) is 71.0 cm³/mol. The average molecular weight is 269 g/mol. The maximum absolute atomic E-state index is 12.0. The number of nitrogens with zero attached hydrogens (tertiary/aromatic N) is 1.